The molecule has 0 aromatic heterocycles. The lowest BCUT2D eigenvalue weighted by Gasteiger charge is -2.05. The Hall–Kier alpha value is -0.390. The summed E-state index contributed by atoms with van der Waals surface area (Å²) >= 11 is 3.21. The lowest BCUT2D eigenvalue weighted by atomic mass is 10.2. The van der Waals surface area contributed by atoms with E-state index < -0.39 is 10.1 Å². The van der Waals surface area contributed by atoms with Gasteiger partial charge in [0.2, 0.25) is 0 Å². The van der Waals surface area contributed by atoms with Crippen molar-refractivity contribution in [3.63, 3.8) is 0 Å². The highest BCUT2D eigenvalue weighted by atomic mass is 79.9. The van der Waals surface area contributed by atoms with E-state index in [9.17, 15) is 8.42 Å². The van der Waals surface area contributed by atoms with Crippen molar-refractivity contribution in [1.82, 2.24) is 0 Å². The zero-order valence-electron chi connectivity index (χ0n) is 7.03. The molecule has 0 atom stereocenters. The molecule has 0 saturated carbocycles. The first-order valence-electron chi connectivity index (χ1n) is 3.56. The highest BCUT2D eigenvalue weighted by molar-refractivity contribution is 9.08. The highest BCUT2D eigenvalue weighted by Crippen LogP contribution is 2.19. The summed E-state index contributed by atoms with van der Waals surface area (Å²) in [6.07, 6.45) is 0. The van der Waals surface area contributed by atoms with Crippen molar-refractivity contribution in [1.29, 1.82) is 0 Å². The monoisotopic (exact) mass is 264 g/mol. The van der Waals surface area contributed by atoms with Crippen LogP contribution in [-0.2, 0) is 19.6 Å². The highest BCUT2D eigenvalue weighted by Gasteiger charge is 2.16. The van der Waals surface area contributed by atoms with Gasteiger partial charge < -0.3 is 0 Å². The summed E-state index contributed by atoms with van der Waals surface area (Å²) in [4.78, 5) is 0.217. The van der Waals surface area contributed by atoms with Crippen LogP contribution >= 0.6 is 15.9 Å². The molecule has 0 heterocycles. The fourth-order valence-electron chi connectivity index (χ4n) is 0.948. The molecule has 1 rings (SSSR count). The molecule has 0 aliphatic heterocycles. The lowest BCUT2D eigenvalue weighted by Crippen LogP contribution is -2.05. The van der Waals surface area contributed by atoms with E-state index >= 15 is 0 Å². The van der Waals surface area contributed by atoms with Crippen LogP contribution in [0.1, 0.15) is 5.56 Å². The van der Waals surface area contributed by atoms with E-state index in [1.165, 1.54) is 6.07 Å². The maximum absolute atomic E-state index is 11.3. The van der Waals surface area contributed by atoms with E-state index in [-0.39, 0.29) is 4.90 Å². The third-order valence-corrected chi connectivity index (χ3v) is 3.59. The minimum atomic E-state index is -3.57. The molecule has 0 amide bonds. The fraction of sp³-hybridized carbons (Fsp3) is 0.250. The van der Waals surface area contributed by atoms with Crippen LogP contribution in [-0.4, -0.2) is 15.5 Å². The van der Waals surface area contributed by atoms with Crippen LogP contribution in [0.15, 0.2) is 29.2 Å². The minimum Gasteiger partial charge on any atom is -0.270 e. The molecule has 0 unspecified atom stereocenters. The summed E-state index contributed by atoms with van der Waals surface area (Å²) < 4.78 is 27.1. The van der Waals surface area contributed by atoms with Crippen LogP contribution in [0.3, 0.4) is 0 Å². The molecule has 0 bridgehead atoms. The smallest absolute Gasteiger partial charge is 0.270 e. The summed E-state index contributed by atoms with van der Waals surface area (Å²) in [6.45, 7) is 0. The molecule has 0 fully saturated rings. The summed E-state index contributed by atoms with van der Waals surface area (Å²) in [5.41, 5.74) is 0.698. The number of hydrogen-bond acceptors (Lipinski definition) is 3. The van der Waals surface area contributed by atoms with Crippen molar-refractivity contribution >= 4 is 26.0 Å². The van der Waals surface area contributed by atoms with Crippen LogP contribution < -0.4 is 0 Å². The van der Waals surface area contributed by atoms with Gasteiger partial charge in [-0.2, -0.15) is 8.42 Å². The van der Waals surface area contributed by atoms with Crippen molar-refractivity contribution in [2.24, 2.45) is 0 Å². The van der Waals surface area contributed by atoms with E-state index in [2.05, 4.69) is 20.1 Å². The summed E-state index contributed by atoms with van der Waals surface area (Å²) in [6, 6.07) is 6.71. The molecule has 0 aliphatic rings. The molecule has 0 N–H and O–H groups in total. The van der Waals surface area contributed by atoms with Crippen LogP contribution in [0.5, 0.6) is 0 Å². The third kappa shape index (κ3) is 2.30. The number of alkyl halides is 1. The predicted molar refractivity (Wildman–Crippen MR) is 53.3 cm³/mol. The number of benzene rings is 1. The number of halogens is 1. The molecular formula is C8H9BrO3S. The number of rotatable bonds is 3. The molecule has 5 heteroatoms. The van der Waals surface area contributed by atoms with Gasteiger partial charge in [-0.3, -0.25) is 4.18 Å². The molecule has 0 spiro atoms. The first kappa shape index (κ1) is 10.7. The molecule has 1 aromatic carbocycles. The van der Waals surface area contributed by atoms with Crippen molar-refractivity contribution in [3.8, 4) is 0 Å². The van der Waals surface area contributed by atoms with Crippen LogP contribution in [0, 0.1) is 0 Å². The average molecular weight is 265 g/mol. The third-order valence-electron chi connectivity index (χ3n) is 1.61. The Labute approximate surface area is 86.0 Å². The summed E-state index contributed by atoms with van der Waals surface area (Å²) in [5.74, 6) is 0. The van der Waals surface area contributed by atoms with Gasteiger partial charge in [0.25, 0.3) is 10.1 Å². The Morgan fingerprint density at radius 1 is 1.38 bits per heavy atom. The van der Waals surface area contributed by atoms with Crippen molar-refractivity contribution in [2.75, 3.05) is 7.11 Å². The Balaban J connectivity index is 3.29. The second kappa shape index (κ2) is 4.21. The maximum Gasteiger partial charge on any atom is 0.297 e. The van der Waals surface area contributed by atoms with Gasteiger partial charge in [-0.05, 0) is 11.6 Å². The van der Waals surface area contributed by atoms with Crippen LogP contribution in [0.2, 0.25) is 0 Å². The molecule has 0 radical (unpaired) electrons. The van der Waals surface area contributed by atoms with Gasteiger partial charge in [0.15, 0.2) is 0 Å². The Kier molecular flexibility index (Phi) is 3.47. The molecular weight excluding hydrogens is 256 g/mol. The van der Waals surface area contributed by atoms with Gasteiger partial charge in [0, 0.05) is 5.33 Å². The minimum absolute atomic E-state index is 0.217. The first-order chi connectivity index (χ1) is 6.11. The van der Waals surface area contributed by atoms with E-state index in [1.807, 2.05) is 0 Å². The standard InChI is InChI=1S/C8H9BrO3S/c1-12-13(10,11)8-5-3-2-4-7(8)6-9/h2-5H,6H2,1H3. The topological polar surface area (TPSA) is 43.4 Å². The van der Waals surface area contributed by atoms with Crippen molar-refractivity contribution in [3.05, 3.63) is 29.8 Å². The SMILES string of the molecule is COS(=O)(=O)c1ccccc1CBr. The Morgan fingerprint density at radius 2 is 2.00 bits per heavy atom. The second-order valence-corrected chi connectivity index (χ2v) is 4.60. The van der Waals surface area contributed by atoms with Gasteiger partial charge in [0.1, 0.15) is 0 Å². The number of hydrogen-bond donors (Lipinski definition) is 0. The molecule has 72 valence electrons. The van der Waals surface area contributed by atoms with Gasteiger partial charge in [-0.25, -0.2) is 0 Å². The van der Waals surface area contributed by atoms with Crippen LogP contribution in [0.4, 0.5) is 0 Å². The first-order valence-corrected chi connectivity index (χ1v) is 6.09. The molecule has 0 saturated heterocycles. The molecule has 1 aromatic rings. The van der Waals surface area contributed by atoms with Crippen LogP contribution in [0.25, 0.3) is 0 Å². The van der Waals surface area contributed by atoms with Crippen molar-refractivity contribution < 1.29 is 12.6 Å². The average Bonchev–Trinajstić information content (AvgIpc) is 2.18. The Morgan fingerprint density at radius 3 is 2.54 bits per heavy atom. The molecule has 13 heavy (non-hydrogen) atoms. The zero-order valence-corrected chi connectivity index (χ0v) is 9.43. The van der Waals surface area contributed by atoms with Crippen molar-refractivity contribution in [2.45, 2.75) is 10.2 Å². The van der Waals surface area contributed by atoms with Gasteiger partial charge >= 0.3 is 0 Å². The maximum atomic E-state index is 11.3. The zero-order chi connectivity index (χ0) is 9.90. The quantitative estimate of drug-likeness (QED) is 0.619. The van der Waals surface area contributed by atoms with E-state index in [4.69, 9.17) is 0 Å². The largest absolute Gasteiger partial charge is 0.297 e. The summed E-state index contributed by atoms with van der Waals surface area (Å²) in [7, 11) is -2.42. The van der Waals surface area contributed by atoms with Gasteiger partial charge in [0.05, 0.1) is 12.0 Å². The molecule has 3 nitrogen and oxygen atoms in total. The van der Waals surface area contributed by atoms with E-state index in [1.54, 1.807) is 18.2 Å². The normalized spacial score (nSPS) is 11.5. The van der Waals surface area contributed by atoms with Gasteiger partial charge in [-0.1, -0.05) is 34.1 Å². The summed E-state index contributed by atoms with van der Waals surface area (Å²) in [5, 5.41) is 0.492. The van der Waals surface area contributed by atoms with Gasteiger partial charge in [-0.15, -0.1) is 0 Å². The second-order valence-electron chi connectivity index (χ2n) is 2.36. The predicted octanol–water partition coefficient (Wildman–Crippen LogP) is 1.92. The Bertz CT molecular complexity index is 386. The van der Waals surface area contributed by atoms with E-state index in [0.717, 1.165) is 7.11 Å². The lowest BCUT2D eigenvalue weighted by molar-refractivity contribution is 0.397. The fourth-order valence-corrected chi connectivity index (χ4v) is 2.51. The molecule has 0 aliphatic carbocycles. The van der Waals surface area contributed by atoms with E-state index in [0.29, 0.717) is 10.9 Å².